The SMILES string of the molecule is CCOc1cccc2sc(N(Cc3ccco3)C(=O)Cc3ccc(OC)c(C)c3)nc12. The van der Waals surface area contributed by atoms with E-state index in [0.29, 0.717) is 24.0 Å². The van der Waals surface area contributed by atoms with Crippen molar-refractivity contribution < 1.29 is 18.7 Å². The molecule has 2 aromatic carbocycles. The molecule has 0 atom stereocenters. The molecule has 0 saturated heterocycles. The normalized spacial score (nSPS) is 10.9. The molecule has 0 fully saturated rings. The van der Waals surface area contributed by atoms with Crippen LogP contribution in [0.15, 0.2) is 59.2 Å². The van der Waals surface area contributed by atoms with Gasteiger partial charge in [0.05, 0.1) is 37.6 Å². The summed E-state index contributed by atoms with van der Waals surface area (Å²) in [4.78, 5) is 19.8. The highest BCUT2D eigenvalue weighted by Gasteiger charge is 2.23. The maximum Gasteiger partial charge on any atom is 0.233 e. The van der Waals surface area contributed by atoms with Gasteiger partial charge in [-0.15, -0.1) is 0 Å². The molecule has 2 aromatic heterocycles. The largest absolute Gasteiger partial charge is 0.496 e. The third-order valence-corrected chi connectivity index (χ3v) is 5.95. The summed E-state index contributed by atoms with van der Waals surface area (Å²) in [5.41, 5.74) is 2.68. The summed E-state index contributed by atoms with van der Waals surface area (Å²) in [5.74, 6) is 2.17. The number of aromatic nitrogens is 1. The topological polar surface area (TPSA) is 64.8 Å². The lowest BCUT2D eigenvalue weighted by molar-refractivity contribution is -0.118. The molecule has 0 spiro atoms. The van der Waals surface area contributed by atoms with Gasteiger partial charge in [-0.25, -0.2) is 4.98 Å². The minimum Gasteiger partial charge on any atom is -0.496 e. The van der Waals surface area contributed by atoms with E-state index >= 15 is 0 Å². The van der Waals surface area contributed by atoms with Crippen molar-refractivity contribution in [1.29, 1.82) is 0 Å². The van der Waals surface area contributed by atoms with Gasteiger partial charge in [0.2, 0.25) is 5.91 Å². The van der Waals surface area contributed by atoms with Crippen LogP contribution in [0.1, 0.15) is 23.8 Å². The number of methoxy groups -OCH3 is 1. The summed E-state index contributed by atoms with van der Waals surface area (Å²) in [6.45, 7) is 4.77. The number of fused-ring (bicyclic) bond motifs is 1. The highest BCUT2D eigenvalue weighted by atomic mass is 32.1. The minimum absolute atomic E-state index is 0.0574. The molecule has 0 N–H and O–H groups in total. The number of hydrogen-bond donors (Lipinski definition) is 0. The highest BCUT2D eigenvalue weighted by molar-refractivity contribution is 7.22. The second kappa shape index (κ2) is 9.22. The molecule has 31 heavy (non-hydrogen) atoms. The second-order valence-corrected chi connectivity index (χ2v) is 8.08. The second-order valence-electron chi connectivity index (χ2n) is 7.07. The van der Waals surface area contributed by atoms with Gasteiger partial charge in [-0.05, 0) is 55.3 Å². The van der Waals surface area contributed by atoms with Gasteiger partial charge >= 0.3 is 0 Å². The van der Waals surface area contributed by atoms with E-state index in [4.69, 9.17) is 18.9 Å². The first-order valence-electron chi connectivity index (χ1n) is 10.1. The van der Waals surface area contributed by atoms with E-state index in [0.717, 1.165) is 32.8 Å². The van der Waals surface area contributed by atoms with Crippen molar-refractivity contribution in [2.45, 2.75) is 26.8 Å². The molecule has 6 nitrogen and oxygen atoms in total. The fraction of sp³-hybridized carbons (Fsp3) is 0.250. The number of para-hydroxylation sites is 1. The number of thiazole rings is 1. The van der Waals surface area contributed by atoms with E-state index in [2.05, 4.69) is 0 Å². The van der Waals surface area contributed by atoms with Crippen LogP contribution < -0.4 is 14.4 Å². The Morgan fingerprint density at radius 1 is 1.16 bits per heavy atom. The van der Waals surface area contributed by atoms with E-state index in [9.17, 15) is 4.79 Å². The molecule has 2 heterocycles. The highest BCUT2D eigenvalue weighted by Crippen LogP contribution is 2.35. The Morgan fingerprint density at radius 3 is 2.74 bits per heavy atom. The predicted molar refractivity (Wildman–Crippen MR) is 122 cm³/mol. The van der Waals surface area contributed by atoms with Crippen LogP contribution in [0.25, 0.3) is 10.2 Å². The summed E-state index contributed by atoms with van der Waals surface area (Å²) in [7, 11) is 1.64. The van der Waals surface area contributed by atoms with Crippen molar-refractivity contribution in [3.05, 3.63) is 71.7 Å². The summed E-state index contributed by atoms with van der Waals surface area (Å²) in [5, 5.41) is 0.619. The third kappa shape index (κ3) is 4.56. The van der Waals surface area contributed by atoms with Crippen LogP contribution in [-0.2, 0) is 17.8 Å². The molecule has 0 radical (unpaired) electrons. The maximum atomic E-state index is 13.4. The summed E-state index contributed by atoms with van der Waals surface area (Å²) in [6.07, 6.45) is 1.86. The van der Waals surface area contributed by atoms with Crippen LogP contribution in [0.2, 0.25) is 0 Å². The van der Waals surface area contributed by atoms with Crippen molar-refractivity contribution in [1.82, 2.24) is 4.98 Å². The maximum absolute atomic E-state index is 13.4. The van der Waals surface area contributed by atoms with E-state index in [1.165, 1.54) is 11.3 Å². The molecule has 0 aliphatic rings. The first-order valence-corrected chi connectivity index (χ1v) is 10.9. The molecular weight excluding hydrogens is 412 g/mol. The van der Waals surface area contributed by atoms with Gasteiger partial charge in [-0.2, -0.15) is 0 Å². The molecule has 1 amide bonds. The van der Waals surface area contributed by atoms with Gasteiger partial charge in [0.1, 0.15) is 22.8 Å². The quantitative estimate of drug-likeness (QED) is 0.371. The first kappa shape index (κ1) is 20.9. The number of anilines is 1. The molecule has 4 aromatic rings. The number of hydrogen-bond acceptors (Lipinski definition) is 6. The average molecular weight is 437 g/mol. The molecule has 0 saturated carbocycles. The lowest BCUT2D eigenvalue weighted by Crippen LogP contribution is -2.31. The fourth-order valence-electron chi connectivity index (χ4n) is 3.44. The van der Waals surface area contributed by atoms with Gasteiger partial charge in [-0.1, -0.05) is 29.5 Å². The summed E-state index contributed by atoms with van der Waals surface area (Å²) >= 11 is 1.47. The lowest BCUT2D eigenvalue weighted by Gasteiger charge is -2.19. The Kier molecular flexibility index (Phi) is 6.23. The Morgan fingerprint density at radius 2 is 2.03 bits per heavy atom. The number of furan rings is 1. The van der Waals surface area contributed by atoms with Gasteiger partial charge in [0.25, 0.3) is 0 Å². The number of aryl methyl sites for hydroxylation is 1. The molecule has 0 aliphatic heterocycles. The van der Waals surface area contributed by atoms with Crippen LogP contribution in [0, 0.1) is 6.92 Å². The fourth-order valence-corrected chi connectivity index (χ4v) is 4.44. The lowest BCUT2D eigenvalue weighted by atomic mass is 10.1. The van der Waals surface area contributed by atoms with E-state index in [1.54, 1.807) is 18.3 Å². The Hall–Kier alpha value is -3.32. The molecule has 4 rings (SSSR count). The number of rotatable bonds is 8. The zero-order chi connectivity index (χ0) is 21.8. The Labute approximate surface area is 185 Å². The van der Waals surface area contributed by atoms with E-state index in [1.807, 2.05) is 62.4 Å². The molecule has 0 unspecified atom stereocenters. The average Bonchev–Trinajstić information content (AvgIpc) is 3.42. The van der Waals surface area contributed by atoms with E-state index < -0.39 is 0 Å². The third-order valence-electron chi connectivity index (χ3n) is 4.91. The zero-order valence-corrected chi connectivity index (χ0v) is 18.6. The van der Waals surface area contributed by atoms with Gasteiger partial charge in [-0.3, -0.25) is 9.69 Å². The molecule has 0 aliphatic carbocycles. The number of carbonyl (C=O) groups excluding carboxylic acids is 1. The van der Waals surface area contributed by atoms with Crippen molar-refractivity contribution in [2.24, 2.45) is 0 Å². The van der Waals surface area contributed by atoms with Gasteiger partial charge < -0.3 is 13.9 Å². The van der Waals surface area contributed by atoms with Crippen LogP contribution >= 0.6 is 11.3 Å². The molecule has 0 bridgehead atoms. The summed E-state index contributed by atoms with van der Waals surface area (Å²) in [6, 6.07) is 15.3. The van der Waals surface area contributed by atoms with Crippen molar-refractivity contribution in [3.63, 3.8) is 0 Å². The number of carbonyl (C=O) groups is 1. The smallest absolute Gasteiger partial charge is 0.233 e. The molecular formula is C24H24N2O4S. The van der Waals surface area contributed by atoms with Gasteiger partial charge in [0.15, 0.2) is 5.13 Å². The van der Waals surface area contributed by atoms with Crippen molar-refractivity contribution in [2.75, 3.05) is 18.6 Å². The van der Waals surface area contributed by atoms with Crippen LogP contribution in [0.5, 0.6) is 11.5 Å². The predicted octanol–water partition coefficient (Wildman–Crippen LogP) is 5.38. The summed E-state index contributed by atoms with van der Waals surface area (Å²) < 4.78 is 17.5. The molecule has 7 heteroatoms. The number of amides is 1. The van der Waals surface area contributed by atoms with Crippen molar-refractivity contribution in [3.8, 4) is 11.5 Å². The van der Waals surface area contributed by atoms with Gasteiger partial charge in [0, 0.05) is 0 Å². The van der Waals surface area contributed by atoms with Crippen LogP contribution in [-0.4, -0.2) is 24.6 Å². The Bertz CT molecular complexity index is 1180. The zero-order valence-electron chi connectivity index (χ0n) is 17.8. The first-order chi connectivity index (χ1) is 15.1. The standard InChI is InChI=1S/C24H24N2O4S/c1-4-29-20-8-5-9-21-23(20)25-24(31-21)26(15-18-7-6-12-30-18)22(27)14-17-10-11-19(28-3)16(2)13-17/h5-13H,4,14-15H2,1-3H3. The number of nitrogens with zero attached hydrogens (tertiary/aromatic N) is 2. The minimum atomic E-state index is -0.0574. The Balaban J connectivity index is 1.67. The number of ether oxygens (including phenoxy) is 2. The van der Waals surface area contributed by atoms with Crippen molar-refractivity contribution >= 4 is 32.6 Å². The van der Waals surface area contributed by atoms with Crippen LogP contribution in [0.3, 0.4) is 0 Å². The van der Waals surface area contributed by atoms with Crippen LogP contribution in [0.4, 0.5) is 5.13 Å². The number of benzene rings is 2. The molecule has 160 valence electrons. The van der Waals surface area contributed by atoms with E-state index in [-0.39, 0.29) is 12.3 Å². The monoisotopic (exact) mass is 436 g/mol.